The minimum atomic E-state index is 0.321. The van der Waals surface area contributed by atoms with Gasteiger partial charge in [-0.25, -0.2) is 0 Å². The number of nitrogens with zero attached hydrogens (tertiary/aromatic N) is 2. The molecule has 0 N–H and O–H groups in total. The molecule has 1 unspecified atom stereocenters. The van der Waals surface area contributed by atoms with Gasteiger partial charge in [0.25, 0.3) is 0 Å². The Morgan fingerprint density at radius 1 is 0.750 bits per heavy atom. The lowest BCUT2D eigenvalue weighted by atomic mass is 9.96. The average molecular weight is 312 g/mol. The molecule has 1 atom stereocenters. The summed E-state index contributed by atoms with van der Waals surface area (Å²) in [6.45, 7) is 0. The fraction of sp³-hybridized carbons (Fsp3) is 0.136. The van der Waals surface area contributed by atoms with Gasteiger partial charge in [-0.2, -0.15) is 5.10 Å². The van der Waals surface area contributed by atoms with Gasteiger partial charge in [0.05, 0.1) is 11.8 Å². The van der Waals surface area contributed by atoms with E-state index in [9.17, 15) is 0 Å². The van der Waals surface area contributed by atoms with E-state index >= 15 is 0 Å². The van der Waals surface area contributed by atoms with Gasteiger partial charge in [-0.15, -0.1) is 0 Å². The third kappa shape index (κ3) is 2.83. The van der Waals surface area contributed by atoms with E-state index in [1.165, 1.54) is 22.3 Å². The predicted molar refractivity (Wildman–Crippen MR) is 100.0 cm³/mol. The highest BCUT2D eigenvalue weighted by Crippen LogP contribution is 2.32. The Morgan fingerprint density at radius 2 is 1.38 bits per heavy atom. The zero-order valence-corrected chi connectivity index (χ0v) is 13.8. The molecule has 24 heavy (non-hydrogen) atoms. The van der Waals surface area contributed by atoms with Crippen molar-refractivity contribution in [3.63, 3.8) is 0 Å². The zero-order chi connectivity index (χ0) is 16.4. The molecule has 0 aliphatic carbocycles. The summed E-state index contributed by atoms with van der Waals surface area (Å²) in [4.78, 5) is 0. The lowest BCUT2D eigenvalue weighted by Gasteiger charge is -2.18. The first kappa shape index (κ1) is 14.7. The van der Waals surface area contributed by atoms with Crippen LogP contribution in [0.5, 0.6) is 0 Å². The molecular weight excluding hydrogens is 292 g/mol. The van der Waals surface area contributed by atoms with Crippen molar-refractivity contribution in [1.82, 2.24) is 5.01 Å². The maximum Gasteiger partial charge on any atom is 0.0773 e. The van der Waals surface area contributed by atoms with Crippen LogP contribution in [0.25, 0.3) is 11.1 Å². The van der Waals surface area contributed by atoms with Crippen LogP contribution in [-0.4, -0.2) is 17.8 Å². The van der Waals surface area contributed by atoms with E-state index in [-0.39, 0.29) is 0 Å². The maximum atomic E-state index is 4.80. The first-order valence-electron chi connectivity index (χ1n) is 8.32. The molecule has 3 aromatic carbocycles. The largest absolute Gasteiger partial charge is 0.292 e. The van der Waals surface area contributed by atoms with Gasteiger partial charge in [0.2, 0.25) is 0 Å². The lowest BCUT2D eigenvalue weighted by Crippen LogP contribution is -2.13. The van der Waals surface area contributed by atoms with Gasteiger partial charge in [-0.05, 0) is 28.3 Å². The second-order valence-corrected chi connectivity index (χ2v) is 6.20. The minimum Gasteiger partial charge on any atom is -0.292 e. The van der Waals surface area contributed by atoms with Gasteiger partial charge in [0, 0.05) is 13.5 Å². The fourth-order valence-corrected chi connectivity index (χ4v) is 3.31. The molecule has 2 nitrogen and oxygen atoms in total. The molecule has 0 aromatic heterocycles. The van der Waals surface area contributed by atoms with Crippen molar-refractivity contribution >= 4 is 5.71 Å². The van der Waals surface area contributed by atoms with Crippen LogP contribution in [0.1, 0.15) is 23.6 Å². The number of hydrazone groups is 1. The summed E-state index contributed by atoms with van der Waals surface area (Å²) in [5.41, 5.74) is 6.16. The van der Waals surface area contributed by atoms with Crippen LogP contribution in [0.4, 0.5) is 0 Å². The van der Waals surface area contributed by atoms with Gasteiger partial charge in [-0.1, -0.05) is 78.9 Å². The molecule has 1 heterocycles. The molecule has 0 bridgehead atoms. The highest BCUT2D eigenvalue weighted by molar-refractivity contribution is 6.02. The van der Waals surface area contributed by atoms with Crippen LogP contribution in [0.3, 0.4) is 0 Å². The molecule has 4 rings (SSSR count). The fourth-order valence-electron chi connectivity index (χ4n) is 3.31. The normalized spacial score (nSPS) is 17.0. The van der Waals surface area contributed by atoms with E-state index < -0.39 is 0 Å². The highest BCUT2D eigenvalue weighted by atomic mass is 15.5. The topological polar surface area (TPSA) is 15.6 Å². The van der Waals surface area contributed by atoms with E-state index in [4.69, 9.17) is 5.10 Å². The quantitative estimate of drug-likeness (QED) is 0.654. The van der Waals surface area contributed by atoms with Gasteiger partial charge in [-0.3, -0.25) is 5.01 Å². The third-order valence-corrected chi connectivity index (χ3v) is 4.60. The smallest absolute Gasteiger partial charge is 0.0773 e. The second kappa shape index (κ2) is 6.32. The molecule has 1 aliphatic heterocycles. The van der Waals surface area contributed by atoms with Crippen LogP contribution in [0.15, 0.2) is 90.0 Å². The predicted octanol–water partition coefficient (Wildman–Crippen LogP) is 5.13. The lowest BCUT2D eigenvalue weighted by molar-refractivity contribution is 0.290. The number of hydrogen-bond acceptors (Lipinski definition) is 2. The Hall–Kier alpha value is -2.87. The molecule has 0 spiro atoms. The van der Waals surface area contributed by atoms with Crippen molar-refractivity contribution in [2.45, 2.75) is 12.5 Å². The van der Waals surface area contributed by atoms with Gasteiger partial charge >= 0.3 is 0 Å². The second-order valence-electron chi connectivity index (χ2n) is 6.20. The standard InChI is InChI=1S/C22H20N2/c1-24-22(18-11-6-3-7-12-18)16-21(23-24)20-14-8-13-19(15-20)17-9-4-2-5-10-17/h2-15,22H,16H2,1H3. The van der Waals surface area contributed by atoms with Crippen molar-refractivity contribution in [3.05, 3.63) is 96.1 Å². The number of hydrogen-bond donors (Lipinski definition) is 0. The molecule has 3 aromatic rings. The Labute approximate surface area is 143 Å². The molecule has 1 aliphatic rings. The van der Waals surface area contributed by atoms with Gasteiger partial charge in [0.15, 0.2) is 0 Å². The summed E-state index contributed by atoms with van der Waals surface area (Å²) in [6.07, 6.45) is 0.943. The zero-order valence-electron chi connectivity index (χ0n) is 13.8. The van der Waals surface area contributed by atoms with E-state index in [1.54, 1.807) is 0 Å². The van der Waals surface area contributed by atoms with E-state index in [1.807, 2.05) is 6.07 Å². The molecule has 0 fully saturated rings. The first-order valence-corrected chi connectivity index (χ1v) is 8.32. The molecule has 118 valence electrons. The van der Waals surface area contributed by atoms with Crippen LogP contribution < -0.4 is 0 Å². The summed E-state index contributed by atoms with van der Waals surface area (Å²) in [5.74, 6) is 0. The van der Waals surface area contributed by atoms with Crippen molar-refractivity contribution < 1.29 is 0 Å². The van der Waals surface area contributed by atoms with Crippen LogP contribution in [-0.2, 0) is 0 Å². The monoisotopic (exact) mass is 312 g/mol. The Kier molecular flexibility index (Phi) is 3.87. The van der Waals surface area contributed by atoms with Gasteiger partial charge in [0.1, 0.15) is 0 Å². The summed E-state index contributed by atoms with van der Waals surface area (Å²) >= 11 is 0. The van der Waals surface area contributed by atoms with Crippen LogP contribution in [0, 0.1) is 0 Å². The Balaban J connectivity index is 1.62. The molecule has 2 heteroatoms. The van der Waals surface area contributed by atoms with E-state index in [2.05, 4.69) is 90.9 Å². The molecule has 0 saturated carbocycles. The highest BCUT2D eigenvalue weighted by Gasteiger charge is 2.25. The summed E-state index contributed by atoms with van der Waals surface area (Å²) in [6, 6.07) is 30.1. The van der Waals surface area contributed by atoms with Crippen molar-refractivity contribution in [1.29, 1.82) is 0 Å². The van der Waals surface area contributed by atoms with E-state index in [0.29, 0.717) is 6.04 Å². The maximum absolute atomic E-state index is 4.80. The van der Waals surface area contributed by atoms with Crippen LogP contribution in [0.2, 0.25) is 0 Å². The Bertz CT molecular complexity index is 853. The summed E-state index contributed by atoms with van der Waals surface area (Å²) in [5, 5.41) is 6.88. The van der Waals surface area contributed by atoms with Gasteiger partial charge < -0.3 is 0 Å². The van der Waals surface area contributed by atoms with Crippen molar-refractivity contribution in [3.8, 4) is 11.1 Å². The molecule has 0 saturated heterocycles. The Morgan fingerprint density at radius 3 is 2.12 bits per heavy atom. The van der Waals surface area contributed by atoms with Crippen LogP contribution >= 0.6 is 0 Å². The average Bonchev–Trinajstić information content (AvgIpc) is 3.05. The SMILES string of the molecule is CN1N=C(c2cccc(-c3ccccc3)c2)CC1c1ccccc1. The first-order chi connectivity index (χ1) is 11.8. The van der Waals surface area contributed by atoms with Crippen molar-refractivity contribution in [2.75, 3.05) is 7.05 Å². The number of benzene rings is 3. The molecule has 0 radical (unpaired) electrons. The minimum absolute atomic E-state index is 0.321. The summed E-state index contributed by atoms with van der Waals surface area (Å²) in [7, 11) is 2.06. The summed E-state index contributed by atoms with van der Waals surface area (Å²) < 4.78 is 0. The third-order valence-electron chi connectivity index (χ3n) is 4.60. The molecule has 0 amide bonds. The van der Waals surface area contributed by atoms with E-state index in [0.717, 1.165) is 12.1 Å². The number of rotatable bonds is 3. The van der Waals surface area contributed by atoms with Crippen molar-refractivity contribution in [2.24, 2.45) is 5.10 Å². The molecular formula is C22H20N2.